The van der Waals surface area contributed by atoms with Crippen LogP contribution in [0.2, 0.25) is 5.02 Å². The van der Waals surface area contributed by atoms with Crippen molar-refractivity contribution in [3.05, 3.63) is 70.7 Å². The lowest BCUT2D eigenvalue weighted by Crippen LogP contribution is -2.44. The number of likely N-dealkylation sites (N-methyl/N-ethyl adjacent to an activating group) is 1. The van der Waals surface area contributed by atoms with Gasteiger partial charge in [-0.1, -0.05) is 54.1 Å². The van der Waals surface area contributed by atoms with Gasteiger partial charge in [0.1, 0.15) is 0 Å². The second-order valence-corrected chi connectivity index (χ2v) is 10.2. The summed E-state index contributed by atoms with van der Waals surface area (Å²) in [6.07, 6.45) is 1.01. The van der Waals surface area contributed by atoms with E-state index in [9.17, 15) is 18.0 Å². The minimum absolute atomic E-state index is 0.0595. The molecule has 1 heterocycles. The summed E-state index contributed by atoms with van der Waals surface area (Å²) in [5.41, 5.74) is 1.69. The van der Waals surface area contributed by atoms with Gasteiger partial charge in [0.25, 0.3) is 5.91 Å². The predicted octanol–water partition coefficient (Wildman–Crippen LogP) is 3.46. The third-order valence-electron chi connectivity index (χ3n) is 5.22. The number of esters is 1. The van der Waals surface area contributed by atoms with E-state index in [1.54, 1.807) is 30.3 Å². The molecular weight excluding hydrogens is 438 g/mol. The first-order chi connectivity index (χ1) is 14.7. The Morgan fingerprint density at radius 1 is 1.13 bits per heavy atom. The van der Waals surface area contributed by atoms with Crippen LogP contribution in [0.3, 0.4) is 0 Å². The average Bonchev–Trinajstić information content (AvgIpc) is 3.12. The largest absolute Gasteiger partial charge is 0.449 e. The first kappa shape index (κ1) is 23.0. The lowest BCUT2D eigenvalue weighted by atomic mass is 10.0. The number of ether oxygens (including phenoxy) is 1. The number of amides is 1. The molecule has 1 amide bonds. The normalized spacial score (nSPS) is 18.9. The number of nitrogens with zero attached hydrogens (tertiary/aromatic N) is 1. The van der Waals surface area contributed by atoms with Gasteiger partial charge in [-0.15, -0.1) is 0 Å². The number of carbonyl (C=O) groups is 2. The number of hydrogen-bond acceptors (Lipinski definition) is 5. The highest BCUT2D eigenvalue weighted by molar-refractivity contribution is 7.91. The minimum atomic E-state index is -3.13. The van der Waals surface area contributed by atoms with Crippen molar-refractivity contribution in [2.45, 2.75) is 25.5 Å². The molecule has 0 radical (unpaired) electrons. The Labute approximate surface area is 187 Å². The fraction of sp³-hybridized carbons (Fsp3) is 0.304. The molecule has 1 aliphatic rings. The fourth-order valence-electron chi connectivity index (χ4n) is 3.43. The summed E-state index contributed by atoms with van der Waals surface area (Å²) >= 11 is 5.97. The van der Waals surface area contributed by atoms with Crippen LogP contribution < -0.4 is 0 Å². The maximum absolute atomic E-state index is 13.0. The van der Waals surface area contributed by atoms with Crippen LogP contribution in [0.25, 0.3) is 11.6 Å². The zero-order chi connectivity index (χ0) is 22.6. The van der Waals surface area contributed by atoms with E-state index in [1.165, 1.54) is 18.9 Å². The zero-order valence-electron chi connectivity index (χ0n) is 17.3. The Morgan fingerprint density at radius 2 is 1.77 bits per heavy atom. The van der Waals surface area contributed by atoms with Gasteiger partial charge in [0.15, 0.2) is 15.9 Å². The highest BCUT2D eigenvalue weighted by Crippen LogP contribution is 2.23. The molecular formula is C23H24ClNO5S. The van der Waals surface area contributed by atoms with E-state index in [2.05, 4.69) is 0 Å². The van der Waals surface area contributed by atoms with Gasteiger partial charge >= 0.3 is 5.97 Å². The van der Waals surface area contributed by atoms with Gasteiger partial charge in [-0.2, -0.15) is 0 Å². The van der Waals surface area contributed by atoms with Crippen molar-refractivity contribution in [2.24, 2.45) is 0 Å². The molecule has 3 rings (SSSR count). The summed E-state index contributed by atoms with van der Waals surface area (Å²) in [6.45, 7) is 1.49. The molecule has 1 saturated heterocycles. The van der Waals surface area contributed by atoms with Crippen molar-refractivity contribution in [3.63, 3.8) is 0 Å². The molecule has 6 nitrogen and oxygen atoms in total. The Bertz CT molecular complexity index is 1080. The third kappa shape index (κ3) is 5.95. The topological polar surface area (TPSA) is 80.8 Å². The van der Waals surface area contributed by atoms with Crippen LogP contribution in [0.15, 0.2) is 54.6 Å². The van der Waals surface area contributed by atoms with E-state index in [4.69, 9.17) is 16.3 Å². The number of benzene rings is 2. The van der Waals surface area contributed by atoms with Crippen LogP contribution in [-0.2, 0) is 24.2 Å². The lowest BCUT2D eigenvalue weighted by molar-refractivity contribution is -0.154. The molecule has 0 aromatic heterocycles. The Kier molecular flexibility index (Phi) is 7.18. The average molecular weight is 462 g/mol. The van der Waals surface area contributed by atoms with Crippen LogP contribution in [0, 0.1) is 0 Å². The van der Waals surface area contributed by atoms with Crippen molar-refractivity contribution in [2.75, 3.05) is 18.6 Å². The van der Waals surface area contributed by atoms with Crippen LogP contribution >= 0.6 is 11.6 Å². The van der Waals surface area contributed by atoms with Gasteiger partial charge in [-0.05, 0) is 42.7 Å². The molecule has 164 valence electrons. The first-order valence-electron chi connectivity index (χ1n) is 9.87. The highest BCUT2D eigenvalue weighted by atomic mass is 35.5. The third-order valence-corrected chi connectivity index (χ3v) is 7.22. The maximum atomic E-state index is 13.0. The van der Waals surface area contributed by atoms with Gasteiger partial charge < -0.3 is 9.64 Å². The summed E-state index contributed by atoms with van der Waals surface area (Å²) < 4.78 is 28.9. The summed E-state index contributed by atoms with van der Waals surface area (Å²) in [7, 11) is -1.59. The molecule has 0 saturated carbocycles. The summed E-state index contributed by atoms with van der Waals surface area (Å²) in [4.78, 5) is 27.1. The molecule has 2 atom stereocenters. The van der Waals surface area contributed by atoms with Crippen LogP contribution in [-0.4, -0.2) is 55.9 Å². The molecule has 1 aliphatic heterocycles. The maximum Gasteiger partial charge on any atom is 0.339 e. The zero-order valence-corrected chi connectivity index (χ0v) is 18.9. The van der Waals surface area contributed by atoms with Crippen LogP contribution in [0.5, 0.6) is 0 Å². The van der Waals surface area contributed by atoms with Crippen molar-refractivity contribution >= 4 is 45.0 Å². The Balaban J connectivity index is 1.79. The van der Waals surface area contributed by atoms with Crippen LogP contribution in [0.1, 0.15) is 24.5 Å². The van der Waals surface area contributed by atoms with Gasteiger partial charge in [0.05, 0.1) is 17.1 Å². The predicted molar refractivity (Wildman–Crippen MR) is 121 cm³/mol. The number of hydrogen-bond donors (Lipinski definition) is 0. The van der Waals surface area contributed by atoms with Crippen molar-refractivity contribution in [1.82, 2.24) is 4.90 Å². The quantitative estimate of drug-likeness (QED) is 0.374. The van der Waals surface area contributed by atoms with Gasteiger partial charge in [-0.25, -0.2) is 13.2 Å². The molecule has 31 heavy (non-hydrogen) atoms. The van der Waals surface area contributed by atoms with Gasteiger partial charge in [0.2, 0.25) is 0 Å². The summed E-state index contributed by atoms with van der Waals surface area (Å²) in [5.74, 6) is -1.10. The van der Waals surface area contributed by atoms with E-state index >= 15 is 0 Å². The minimum Gasteiger partial charge on any atom is -0.449 e. The first-order valence-corrected chi connectivity index (χ1v) is 12.1. The number of sulfone groups is 1. The van der Waals surface area contributed by atoms with Crippen molar-refractivity contribution in [3.8, 4) is 0 Å². The molecule has 0 unspecified atom stereocenters. The second kappa shape index (κ2) is 9.66. The Hall–Kier alpha value is -2.64. The second-order valence-electron chi connectivity index (χ2n) is 7.53. The van der Waals surface area contributed by atoms with Gasteiger partial charge in [0, 0.05) is 18.1 Å². The summed E-state index contributed by atoms with van der Waals surface area (Å²) in [6, 6.07) is 15.6. The van der Waals surface area contributed by atoms with E-state index in [0.717, 1.165) is 5.56 Å². The molecule has 0 spiro atoms. The van der Waals surface area contributed by atoms with Crippen molar-refractivity contribution in [1.29, 1.82) is 0 Å². The monoisotopic (exact) mass is 461 g/mol. The molecule has 1 fully saturated rings. The highest BCUT2D eigenvalue weighted by Gasteiger charge is 2.35. The fourth-order valence-corrected chi connectivity index (χ4v) is 5.33. The molecule has 2 aromatic rings. The number of halogens is 1. The van der Waals surface area contributed by atoms with E-state index in [-0.39, 0.29) is 17.1 Å². The molecule has 8 heteroatoms. The summed E-state index contributed by atoms with van der Waals surface area (Å²) in [5, 5.41) is 0.535. The SMILES string of the molecule is C[C@H](OC(=O)/C(=C\c1ccccc1)c1ccc(Cl)cc1)C(=O)N(C)[C@@H]1CCS(=O)(=O)C1. The number of carbonyl (C=O) groups excluding carboxylic acids is 2. The molecule has 0 N–H and O–H groups in total. The molecule has 0 bridgehead atoms. The van der Waals surface area contributed by atoms with Crippen molar-refractivity contribution < 1.29 is 22.7 Å². The molecule has 0 aliphatic carbocycles. The lowest BCUT2D eigenvalue weighted by Gasteiger charge is -2.26. The number of rotatable bonds is 6. The van der Waals surface area contributed by atoms with E-state index in [0.29, 0.717) is 17.0 Å². The molecule has 2 aromatic carbocycles. The van der Waals surface area contributed by atoms with E-state index < -0.39 is 33.9 Å². The van der Waals surface area contributed by atoms with Gasteiger partial charge in [-0.3, -0.25) is 4.79 Å². The van der Waals surface area contributed by atoms with Crippen LogP contribution in [0.4, 0.5) is 0 Å². The van der Waals surface area contributed by atoms with E-state index in [1.807, 2.05) is 30.3 Å². The standard InChI is InChI=1S/C23H24ClNO5S/c1-16(22(26)25(2)20-12-13-31(28,29)15-20)30-23(27)21(14-17-6-4-3-5-7-17)18-8-10-19(24)11-9-18/h3-11,14,16,20H,12-13,15H2,1-2H3/b21-14-/t16-,20+/m0/s1. The smallest absolute Gasteiger partial charge is 0.339 e. The Morgan fingerprint density at radius 3 is 2.35 bits per heavy atom.